The van der Waals surface area contributed by atoms with Crippen molar-refractivity contribution >= 4 is 11.6 Å². The molecule has 1 amide bonds. The number of carbonyl (C=O) groups excluding carboxylic acids is 1. The molecule has 4 saturated carbocycles. The van der Waals surface area contributed by atoms with Crippen LogP contribution in [0, 0.1) is 11.3 Å². The van der Waals surface area contributed by atoms with Gasteiger partial charge in [-0.05, 0) is 81.8 Å². The summed E-state index contributed by atoms with van der Waals surface area (Å²) in [7, 11) is 0. The van der Waals surface area contributed by atoms with Crippen molar-refractivity contribution in [3.05, 3.63) is 47.8 Å². The number of carbonyl (C=O) groups is 1. The number of hydrogen-bond donors (Lipinski definition) is 0. The number of nitrogens with zero attached hydrogens (tertiary/aromatic N) is 4. The van der Waals surface area contributed by atoms with E-state index in [1.165, 1.54) is 12.8 Å². The Hall–Kier alpha value is -3.00. The lowest BCUT2D eigenvalue weighted by Gasteiger charge is -2.53. The van der Waals surface area contributed by atoms with E-state index in [0.29, 0.717) is 19.1 Å². The van der Waals surface area contributed by atoms with Crippen molar-refractivity contribution in [2.45, 2.75) is 102 Å². The van der Waals surface area contributed by atoms with E-state index in [4.69, 9.17) is 18.8 Å². The molecule has 8 rings (SSSR count). The number of fused-ring (bicyclic) bond motifs is 3. The average molecular weight is 559 g/mol. The molecule has 3 aromatic rings. The summed E-state index contributed by atoms with van der Waals surface area (Å²) in [4.78, 5) is 21.2. The zero-order chi connectivity index (χ0) is 28.2. The molecule has 0 atom stereocenters. The zero-order valence-electron chi connectivity index (χ0n) is 24.7. The smallest absolute Gasteiger partial charge is 0.232 e. The molecule has 5 fully saturated rings. The van der Waals surface area contributed by atoms with E-state index in [0.717, 1.165) is 92.3 Å². The number of hydrogen-bond acceptors (Lipinski definition) is 7. The number of rotatable bonds is 7. The first kappa shape index (κ1) is 26.9. The van der Waals surface area contributed by atoms with Crippen LogP contribution < -0.4 is 4.90 Å². The number of anilines is 1. The second-order valence-corrected chi connectivity index (χ2v) is 14.2. The summed E-state index contributed by atoms with van der Waals surface area (Å²) < 4.78 is 17.1. The van der Waals surface area contributed by atoms with E-state index < -0.39 is 0 Å². The molecule has 0 N–H and O–H groups in total. The van der Waals surface area contributed by atoms with Crippen molar-refractivity contribution in [3.8, 4) is 11.3 Å². The van der Waals surface area contributed by atoms with Crippen LogP contribution in [0.15, 0.2) is 39.4 Å². The minimum atomic E-state index is -0.128. The van der Waals surface area contributed by atoms with Gasteiger partial charge in [-0.15, -0.1) is 0 Å². The summed E-state index contributed by atoms with van der Waals surface area (Å²) in [6, 6.07) is 10.4. The fourth-order valence-electron chi connectivity index (χ4n) is 7.18. The van der Waals surface area contributed by atoms with E-state index in [1.807, 2.05) is 6.07 Å². The number of benzene rings is 1. The van der Waals surface area contributed by atoms with Crippen LogP contribution in [0.25, 0.3) is 11.3 Å². The molecule has 5 aliphatic rings. The summed E-state index contributed by atoms with van der Waals surface area (Å²) in [5, 5.41) is 8.71. The second kappa shape index (κ2) is 10.1. The Bertz CT molecular complexity index is 1380. The van der Waals surface area contributed by atoms with E-state index >= 15 is 0 Å². The Labute approximate surface area is 242 Å². The molecule has 41 heavy (non-hydrogen) atoms. The summed E-state index contributed by atoms with van der Waals surface area (Å²) in [5.74, 6) is 3.32. The van der Waals surface area contributed by atoms with Crippen LogP contribution in [0.3, 0.4) is 0 Å². The van der Waals surface area contributed by atoms with Crippen LogP contribution in [-0.2, 0) is 20.4 Å². The maximum Gasteiger partial charge on any atom is 0.232 e. The fourth-order valence-corrected chi connectivity index (χ4v) is 7.18. The summed E-state index contributed by atoms with van der Waals surface area (Å²) in [5.41, 5.74) is 2.74. The third-order valence-electron chi connectivity index (χ3n) is 10.2. The number of aromatic nitrogens is 3. The topological polar surface area (TPSA) is 94.5 Å². The van der Waals surface area contributed by atoms with Crippen LogP contribution in [0.4, 0.5) is 5.69 Å². The Morgan fingerprint density at radius 1 is 0.951 bits per heavy atom. The Kier molecular flexibility index (Phi) is 6.60. The number of amides is 1. The van der Waals surface area contributed by atoms with Gasteiger partial charge in [0.1, 0.15) is 11.5 Å². The predicted octanol–water partition coefficient (Wildman–Crippen LogP) is 6.95. The molecule has 1 aromatic carbocycles. The summed E-state index contributed by atoms with van der Waals surface area (Å²) >= 11 is 0. The average Bonchev–Trinajstić information content (AvgIpc) is 3.49. The van der Waals surface area contributed by atoms with E-state index in [1.54, 1.807) is 0 Å². The third-order valence-corrected chi connectivity index (χ3v) is 10.2. The standard InChI is InChI=1S/C33H42N4O4/c1-31(2,3)29-34-30(41-36-29)33-14-11-32(12-15-33,13-16-33)21-37(28(38)23-9-17-39-18-10-23)25-6-4-5-24(19-25)26-20-27(40-35-26)22-7-8-22/h4-6,19-20,22-23H,7-18,21H2,1-3H3. The van der Waals surface area contributed by atoms with E-state index in [2.05, 4.69) is 60.2 Å². The van der Waals surface area contributed by atoms with E-state index in [9.17, 15) is 4.79 Å². The Morgan fingerprint density at radius 3 is 2.34 bits per heavy atom. The van der Waals surface area contributed by atoms with Crippen LogP contribution in [0.1, 0.15) is 108 Å². The van der Waals surface area contributed by atoms with Crippen molar-refractivity contribution in [3.63, 3.8) is 0 Å². The van der Waals surface area contributed by atoms with Crippen LogP contribution in [0.5, 0.6) is 0 Å². The van der Waals surface area contributed by atoms with Gasteiger partial charge in [-0.25, -0.2) is 0 Å². The monoisotopic (exact) mass is 558 g/mol. The van der Waals surface area contributed by atoms with Gasteiger partial charge in [0.05, 0.1) is 0 Å². The number of ether oxygens (including phenoxy) is 1. The van der Waals surface area contributed by atoms with Gasteiger partial charge in [0.2, 0.25) is 11.8 Å². The summed E-state index contributed by atoms with van der Waals surface area (Å²) in [6.07, 6.45) is 10.2. The zero-order valence-corrected chi connectivity index (χ0v) is 24.7. The van der Waals surface area contributed by atoms with Gasteiger partial charge >= 0.3 is 0 Å². The lowest BCUT2D eigenvalue weighted by atomic mass is 9.53. The Balaban J connectivity index is 1.14. The predicted molar refractivity (Wildman–Crippen MR) is 155 cm³/mol. The quantitative estimate of drug-likeness (QED) is 0.310. The van der Waals surface area contributed by atoms with Crippen LogP contribution in [-0.4, -0.2) is 41.0 Å². The van der Waals surface area contributed by atoms with Crippen LogP contribution in [0.2, 0.25) is 0 Å². The second-order valence-electron chi connectivity index (χ2n) is 14.2. The van der Waals surface area contributed by atoms with Gasteiger partial charge in [0, 0.05) is 59.7 Å². The van der Waals surface area contributed by atoms with Gasteiger partial charge in [0.25, 0.3) is 0 Å². The first-order valence-electron chi connectivity index (χ1n) is 15.5. The first-order valence-corrected chi connectivity index (χ1v) is 15.5. The molecule has 218 valence electrons. The SMILES string of the molecule is CC(C)(C)c1noc(C23CCC(CN(C(=O)C4CCOCC4)c4cccc(-c5cc(C6CC6)on5)c4)(CC2)CC3)n1. The highest BCUT2D eigenvalue weighted by atomic mass is 16.5. The largest absolute Gasteiger partial charge is 0.381 e. The molecule has 3 heterocycles. The Morgan fingerprint density at radius 2 is 1.68 bits per heavy atom. The molecule has 0 unspecified atom stereocenters. The maximum absolute atomic E-state index is 14.2. The highest BCUT2D eigenvalue weighted by molar-refractivity contribution is 5.95. The highest BCUT2D eigenvalue weighted by Gasteiger charge is 2.53. The molecule has 1 saturated heterocycles. The van der Waals surface area contributed by atoms with Gasteiger partial charge in [0.15, 0.2) is 5.82 Å². The first-order chi connectivity index (χ1) is 19.7. The molecule has 0 radical (unpaired) electrons. The van der Waals surface area contributed by atoms with E-state index in [-0.39, 0.29) is 28.1 Å². The normalized spacial score (nSPS) is 26.8. The summed E-state index contributed by atoms with van der Waals surface area (Å²) in [6.45, 7) is 8.42. The van der Waals surface area contributed by atoms with Gasteiger partial charge in [-0.3, -0.25) is 4.79 Å². The fraction of sp³-hybridized carbons (Fsp3) is 0.636. The third kappa shape index (κ3) is 5.13. The van der Waals surface area contributed by atoms with Gasteiger partial charge in [-0.2, -0.15) is 4.98 Å². The van der Waals surface area contributed by atoms with Crippen molar-refractivity contribution in [1.82, 2.24) is 15.3 Å². The molecule has 0 spiro atoms. The van der Waals surface area contributed by atoms with Crippen molar-refractivity contribution in [2.75, 3.05) is 24.7 Å². The molecule has 8 heteroatoms. The van der Waals surface area contributed by atoms with Crippen molar-refractivity contribution < 1.29 is 18.6 Å². The van der Waals surface area contributed by atoms with Gasteiger partial charge in [-0.1, -0.05) is 43.2 Å². The highest BCUT2D eigenvalue weighted by Crippen LogP contribution is 2.58. The van der Waals surface area contributed by atoms with Crippen molar-refractivity contribution in [2.24, 2.45) is 11.3 Å². The van der Waals surface area contributed by atoms with Crippen LogP contribution >= 0.6 is 0 Å². The molecular formula is C33H42N4O4. The van der Waals surface area contributed by atoms with Crippen molar-refractivity contribution in [1.29, 1.82) is 0 Å². The molecule has 8 nitrogen and oxygen atoms in total. The lowest BCUT2D eigenvalue weighted by Crippen LogP contribution is -2.52. The minimum Gasteiger partial charge on any atom is -0.381 e. The lowest BCUT2D eigenvalue weighted by molar-refractivity contribution is -0.126. The molecule has 4 aliphatic carbocycles. The molecular weight excluding hydrogens is 516 g/mol. The maximum atomic E-state index is 14.2. The minimum absolute atomic E-state index is 0.00203. The molecule has 2 aromatic heterocycles. The molecule has 1 aliphatic heterocycles. The van der Waals surface area contributed by atoms with Gasteiger partial charge < -0.3 is 18.7 Å². The molecule has 2 bridgehead atoms.